The van der Waals surface area contributed by atoms with Gasteiger partial charge >= 0.3 is 5.97 Å². The van der Waals surface area contributed by atoms with Crippen LogP contribution in [0.2, 0.25) is 0 Å². The third kappa shape index (κ3) is 5.07. The molecular formula is C4H6I2O2. The third-order valence-electron chi connectivity index (χ3n) is 0.415. The fraction of sp³-hybridized carbons (Fsp3) is 0.750. The van der Waals surface area contributed by atoms with Crippen LogP contribution in [0.15, 0.2) is 0 Å². The van der Waals surface area contributed by atoms with Crippen molar-refractivity contribution in [2.75, 3.05) is 4.43 Å². The largest absolute Gasteiger partial charge is 0.451 e. The Morgan fingerprint density at radius 3 is 2.50 bits per heavy atom. The van der Waals surface area contributed by atoms with E-state index in [0.717, 1.165) is 4.43 Å². The summed E-state index contributed by atoms with van der Waals surface area (Å²) in [4.78, 5) is 10.2. The first-order chi connectivity index (χ1) is 3.66. The molecule has 0 rings (SSSR count). The smallest absolute Gasteiger partial charge is 0.303 e. The lowest BCUT2D eigenvalue weighted by Gasteiger charge is -2.03. The Balaban J connectivity index is 3.24. The maximum absolute atomic E-state index is 10.2. The molecule has 0 heterocycles. The molecule has 0 fully saturated rings. The molecule has 48 valence electrons. The predicted octanol–water partition coefficient (Wildman–Crippen LogP) is 1.75. The van der Waals surface area contributed by atoms with Gasteiger partial charge in [0.15, 0.2) is 4.11 Å². The summed E-state index contributed by atoms with van der Waals surface area (Å²) in [6.45, 7) is 1.41. The minimum absolute atomic E-state index is 0.0331. The number of halogens is 2. The van der Waals surface area contributed by atoms with E-state index in [2.05, 4.69) is 45.2 Å². The van der Waals surface area contributed by atoms with Crippen LogP contribution in [0.5, 0.6) is 0 Å². The van der Waals surface area contributed by atoms with Crippen LogP contribution in [0, 0.1) is 0 Å². The highest BCUT2D eigenvalue weighted by molar-refractivity contribution is 14.1. The molecule has 0 spiro atoms. The molecule has 0 amide bonds. The quantitative estimate of drug-likeness (QED) is 0.435. The fourth-order valence-electron chi connectivity index (χ4n) is 0.212. The Kier molecular flexibility index (Phi) is 5.33. The molecule has 0 aliphatic rings. The van der Waals surface area contributed by atoms with Gasteiger partial charge < -0.3 is 4.74 Å². The molecule has 2 nitrogen and oxygen atoms in total. The molecule has 0 aromatic rings. The van der Waals surface area contributed by atoms with Crippen molar-refractivity contribution in [3.05, 3.63) is 0 Å². The Morgan fingerprint density at radius 2 is 2.38 bits per heavy atom. The van der Waals surface area contributed by atoms with Gasteiger partial charge in [-0.05, 0) is 22.6 Å². The van der Waals surface area contributed by atoms with Gasteiger partial charge in [0.05, 0.1) is 0 Å². The number of alkyl halides is 2. The highest BCUT2D eigenvalue weighted by Crippen LogP contribution is 2.05. The van der Waals surface area contributed by atoms with E-state index in [-0.39, 0.29) is 10.1 Å². The average molecular weight is 340 g/mol. The van der Waals surface area contributed by atoms with E-state index in [1.54, 1.807) is 0 Å². The van der Waals surface area contributed by atoms with Crippen LogP contribution in [-0.4, -0.2) is 14.5 Å². The highest BCUT2D eigenvalue weighted by atomic mass is 127. The zero-order valence-corrected chi connectivity index (χ0v) is 8.67. The van der Waals surface area contributed by atoms with Crippen LogP contribution in [-0.2, 0) is 9.53 Å². The lowest BCUT2D eigenvalue weighted by Crippen LogP contribution is -2.09. The van der Waals surface area contributed by atoms with Crippen molar-refractivity contribution in [1.29, 1.82) is 0 Å². The van der Waals surface area contributed by atoms with Crippen molar-refractivity contribution < 1.29 is 9.53 Å². The van der Waals surface area contributed by atoms with E-state index in [4.69, 9.17) is 4.74 Å². The Morgan fingerprint density at radius 1 is 1.88 bits per heavy atom. The molecular weight excluding hydrogens is 334 g/mol. The van der Waals surface area contributed by atoms with Gasteiger partial charge in [-0.2, -0.15) is 0 Å². The third-order valence-corrected chi connectivity index (χ3v) is 3.60. The first kappa shape index (κ1) is 8.93. The molecule has 8 heavy (non-hydrogen) atoms. The van der Waals surface area contributed by atoms with Crippen molar-refractivity contribution in [1.82, 2.24) is 0 Å². The summed E-state index contributed by atoms with van der Waals surface area (Å²) in [5, 5.41) is 0. The predicted molar refractivity (Wildman–Crippen MR) is 48.5 cm³/mol. The Hall–Kier alpha value is 0.930. The van der Waals surface area contributed by atoms with Crippen molar-refractivity contribution in [3.63, 3.8) is 0 Å². The first-order valence-corrected chi connectivity index (χ1v) is 4.81. The second kappa shape index (κ2) is 4.78. The average Bonchev–Trinajstić information content (AvgIpc) is 1.65. The summed E-state index contributed by atoms with van der Waals surface area (Å²) in [5.74, 6) is -0.207. The van der Waals surface area contributed by atoms with Gasteiger partial charge in [0.25, 0.3) is 0 Å². The van der Waals surface area contributed by atoms with Gasteiger partial charge in [-0.1, -0.05) is 22.6 Å². The summed E-state index contributed by atoms with van der Waals surface area (Å²) >= 11 is 4.23. The monoisotopic (exact) mass is 340 g/mol. The molecule has 0 N–H and O–H groups in total. The zero-order valence-electron chi connectivity index (χ0n) is 4.36. The molecule has 0 aliphatic heterocycles. The maximum atomic E-state index is 10.2. The van der Waals surface area contributed by atoms with Crippen LogP contribution in [0.25, 0.3) is 0 Å². The van der Waals surface area contributed by atoms with Crippen LogP contribution < -0.4 is 0 Å². The molecule has 0 radical (unpaired) electrons. The standard InChI is InChI=1S/C4H6I2O2/c1-3(7)8-4(6)2-5/h4H,2H2,1H3. The van der Waals surface area contributed by atoms with Crippen molar-refractivity contribution in [2.24, 2.45) is 0 Å². The molecule has 0 saturated carbocycles. The minimum atomic E-state index is -0.207. The highest BCUT2D eigenvalue weighted by Gasteiger charge is 2.02. The topological polar surface area (TPSA) is 26.3 Å². The Labute approximate surface area is 75.6 Å². The van der Waals surface area contributed by atoms with Crippen molar-refractivity contribution in [2.45, 2.75) is 11.0 Å². The molecule has 0 saturated heterocycles. The summed E-state index contributed by atoms with van der Waals surface area (Å²) in [6.07, 6.45) is 0. The van der Waals surface area contributed by atoms with Crippen LogP contribution in [0.4, 0.5) is 0 Å². The number of esters is 1. The van der Waals surface area contributed by atoms with Gasteiger partial charge in [0, 0.05) is 11.4 Å². The summed E-state index contributed by atoms with van der Waals surface area (Å²) in [7, 11) is 0. The van der Waals surface area contributed by atoms with Gasteiger partial charge in [0.1, 0.15) is 0 Å². The van der Waals surface area contributed by atoms with E-state index >= 15 is 0 Å². The van der Waals surface area contributed by atoms with E-state index in [1.165, 1.54) is 6.92 Å². The number of carbonyl (C=O) groups excluding carboxylic acids is 1. The number of carbonyl (C=O) groups is 1. The van der Waals surface area contributed by atoms with Crippen molar-refractivity contribution in [3.8, 4) is 0 Å². The number of rotatable bonds is 2. The van der Waals surface area contributed by atoms with E-state index in [0.29, 0.717) is 0 Å². The van der Waals surface area contributed by atoms with Gasteiger partial charge in [-0.3, -0.25) is 4.79 Å². The molecule has 0 aromatic carbocycles. The maximum Gasteiger partial charge on any atom is 0.303 e. The molecule has 0 bridgehead atoms. The van der Waals surface area contributed by atoms with E-state index in [1.807, 2.05) is 0 Å². The molecule has 1 unspecified atom stereocenters. The van der Waals surface area contributed by atoms with Crippen molar-refractivity contribution >= 4 is 51.2 Å². The fourth-order valence-corrected chi connectivity index (χ4v) is 0.749. The molecule has 1 atom stereocenters. The van der Waals surface area contributed by atoms with Crippen LogP contribution in [0.3, 0.4) is 0 Å². The summed E-state index contributed by atoms with van der Waals surface area (Å²) in [6, 6.07) is 0. The normalized spacial score (nSPS) is 12.9. The number of hydrogen-bond donors (Lipinski definition) is 0. The van der Waals surface area contributed by atoms with E-state index < -0.39 is 0 Å². The lowest BCUT2D eigenvalue weighted by atomic mass is 10.8. The SMILES string of the molecule is CC(=O)OC(I)CI. The number of hydrogen-bond acceptors (Lipinski definition) is 2. The second-order valence-corrected chi connectivity index (χ2v) is 3.44. The minimum Gasteiger partial charge on any atom is -0.451 e. The number of ether oxygens (including phenoxy) is 1. The lowest BCUT2D eigenvalue weighted by molar-refractivity contribution is -0.140. The molecule has 0 aromatic heterocycles. The summed E-state index contributed by atoms with van der Waals surface area (Å²) < 4.78 is 5.62. The van der Waals surface area contributed by atoms with Gasteiger partial charge in [-0.25, -0.2) is 0 Å². The summed E-state index contributed by atoms with van der Waals surface area (Å²) in [5.41, 5.74) is 0. The van der Waals surface area contributed by atoms with Gasteiger partial charge in [-0.15, -0.1) is 0 Å². The van der Waals surface area contributed by atoms with E-state index in [9.17, 15) is 4.79 Å². The second-order valence-electron chi connectivity index (χ2n) is 1.17. The Bertz CT molecular complexity index is 84.1. The zero-order chi connectivity index (χ0) is 6.57. The molecule has 4 heteroatoms. The van der Waals surface area contributed by atoms with Crippen LogP contribution >= 0.6 is 45.2 Å². The molecule has 0 aliphatic carbocycles. The van der Waals surface area contributed by atoms with Crippen LogP contribution in [0.1, 0.15) is 6.92 Å². The first-order valence-electron chi connectivity index (χ1n) is 2.04. The van der Waals surface area contributed by atoms with Gasteiger partial charge in [0.2, 0.25) is 0 Å².